The van der Waals surface area contributed by atoms with Crippen LogP contribution in [0.15, 0.2) is 30.5 Å². The van der Waals surface area contributed by atoms with E-state index in [-0.39, 0.29) is 5.69 Å². The van der Waals surface area contributed by atoms with E-state index in [1.54, 1.807) is 18.3 Å². The molecule has 32 heavy (non-hydrogen) atoms. The second-order valence-corrected chi connectivity index (χ2v) is 10.2. The molecule has 0 radical (unpaired) electrons. The molecule has 9 heteroatoms. The average molecular weight is 454 g/mol. The number of nitriles is 1. The van der Waals surface area contributed by atoms with Gasteiger partial charge in [-0.1, -0.05) is 19.1 Å². The van der Waals surface area contributed by atoms with E-state index in [9.17, 15) is 18.5 Å². The molecule has 2 aromatic rings. The minimum absolute atomic E-state index is 0.277. The molecule has 2 amide bonds. The minimum atomic E-state index is -3.78. The number of benzene rings is 1. The Labute approximate surface area is 188 Å². The number of rotatable bonds is 5. The number of hydrogen-bond donors (Lipinski definition) is 2. The largest absolute Gasteiger partial charge is 0.332 e. The molecule has 2 aliphatic rings. The number of sulfonamides is 1. The summed E-state index contributed by atoms with van der Waals surface area (Å²) in [5.41, 5.74) is 4.53. The van der Waals surface area contributed by atoms with Crippen molar-refractivity contribution in [3.05, 3.63) is 47.3 Å². The van der Waals surface area contributed by atoms with Gasteiger partial charge in [-0.15, -0.1) is 0 Å². The Bertz CT molecular complexity index is 1160. The number of anilines is 1. The number of fused-ring (bicyclic) bond motifs is 1. The number of carbonyl (C=O) groups excluding carboxylic acids is 1. The summed E-state index contributed by atoms with van der Waals surface area (Å²) in [7, 11) is -3.78. The highest BCUT2D eigenvalue weighted by molar-refractivity contribution is 7.90. The van der Waals surface area contributed by atoms with Gasteiger partial charge in [-0.05, 0) is 80.6 Å². The van der Waals surface area contributed by atoms with E-state index in [4.69, 9.17) is 0 Å². The minimum Gasteiger partial charge on any atom is -0.306 e. The molecule has 4 rings (SSSR count). The van der Waals surface area contributed by atoms with E-state index in [1.165, 1.54) is 0 Å². The Balaban J connectivity index is 1.58. The number of amides is 2. The molecular formula is C23H27N5O3S. The first-order chi connectivity index (χ1) is 15.4. The molecule has 1 aromatic carbocycles. The number of piperidine rings is 1. The number of aromatic nitrogens is 1. The number of aryl methyl sites for hydroxylation is 1. The van der Waals surface area contributed by atoms with Gasteiger partial charge < -0.3 is 10.2 Å². The molecule has 2 heterocycles. The van der Waals surface area contributed by atoms with Gasteiger partial charge in [-0.25, -0.2) is 22.9 Å². The van der Waals surface area contributed by atoms with Crippen LogP contribution < -0.4 is 10.0 Å². The fourth-order valence-electron chi connectivity index (χ4n) is 4.60. The lowest BCUT2D eigenvalue weighted by Crippen LogP contribution is -2.46. The Morgan fingerprint density at radius 1 is 1.25 bits per heavy atom. The highest BCUT2D eigenvalue weighted by Gasteiger charge is 2.31. The van der Waals surface area contributed by atoms with E-state index >= 15 is 0 Å². The van der Waals surface area contributed by atoms with Crippen molar-refractivity contribution in [2.45, 2.75) is 44.3 Å². The van der Waals surface area contributed by atoms with E-state index in [2.05, 4.69) is 26.8 Å². The van der Waals surface area contributed by atoms with Gasteiger partial charge in [-0.2, -0.15) is 5.26 Å². The van der Waals surface area contributed by atoms with Crippen LogP contribution >= 0.6 is 0 Å². The quantitative estimate of drug-likeness (QED) is 0.719. The maximum Gasteiger partial charge on any atom is 0.332 e. The monoisotopic (exact) mass is 453 g/mol. The number of nitrogens with one attached hydrogen (secondary N) is 2. The zero-order valence-corrected chi connectivity index (χ0v) is 18.9. The molecule has 168 valence electrons. The van der Waals surface area contributed by atoms with Gasteiger partial charge in [0.25, 0.3) is 0 Å². The maximum atomic E-state index is 12.8. The van der Waals surface area contributed by atoms with E-state index in [0.717, 1.165) is 48.1 Å². The van der Waals surface area contributed by atoms with Gasteiger partial charge in [0.1, 0.15) is 11.8 Å². The summed E-state index contributed by atoms with van der Waals surface area (Å²) in [5, 5.41) is 11.4. The summed E-state index contributed by atoms with van der Waals surface area (Å²) in [6.45, 7) is 4.37. The number of hydrogen-bond acceptors (Lipinski definition) is 6. The van der Waals surface area contributed by atoms with Crippen molar-refractivity contribution >= 4 is 21.7 Å². The Kier molecular flexibility index (Phi) is 6.44. The Morgan fingerprint density at radius 2 is 2.03 bits per heavy atom. The SMILES string of the molecule is CCN1CCC(S(=O)(=O)NC(=O)Nc2c(-c3ccnc(C#N)c3)ccc3c2CCC3)CC1. The van der Waals surface area contributed by atoms with E-state index in [0.29, 0.717) is 31.6 Å². The molecule has 0 unspecified atom stereocenters. The van der Waals surface area contributed by atoms with Crippen LogP contribution in [0.1, 0.15) is 43.0 Å². The highest BCUT2D eigenvalue weighted by Crippen LogP contribution is 2.37. The third kappa shape index (κ3) is 4.61. The highest BCUT2D eigenvalue weighted by atomic mass is 32.2. The van der Waals surface area contributed by atoms with Crippen LogP contribution in [0.25, 0.3) is 11.1 Å². The first-order valence-electron chi connectivity index (χ1n) is 11.0. The molecule has 1 aliphatic carbocycles. The lowest BCUT2D eigenvalue weighted by Gasteiger charge is -2.30. The fourth-order valence-corrected chi connectivity index (χ4v) is 5.90. The van der Waals surface area contributed by atoms with Gasteiger partial charge in [0.2, 0.25) is 10.0 Å². The second-order valence-electron chi connectivity index (χ2n) is 8.26. The van der Waals surface area contributed by atoms with Crippen LogP contribution in [-0.4, -0.2) is 49.2 Å². The second kappa shape index (κ2) is 9.27. The predicted molar refractivity (Wildman–Crippen MR) is 123 cm³/mol. The Hall–Kier alpha value is -2.96. The van der Waals surface area contributed by atoms with Crippen molar-refractivity contribution in [3.63, 3.8) is 0 Å². The van der Waals surface area contributed by atoms with Gasteiger partial charge >= 0.3 is 6.03 Å². The van der Waals surface area contributed by atoms with Crippen LogP contribution in [0, 0.1) is 11.3 Å². The average Bonchev–Trinajstić information content (AvgIpc) is 3.28. The molecular weight excluding hydrogens is 426 g/mol. The van der Waals surface area contributed by atoms with E-state index in [1.807, 2.05) is 18.2 Å². The van der Waals surface area contributed by atoms with Gasteiger partial charge in [0.05, 0.1) is 10.9 Å². The standard InChI is InChI=1S/C23H27N5O3S/c1-2-28-12-9-19(10-13-28)32(30,31)27-23(29)26-22-20-5-3-4-16(20)6-7-21(22)17-8-11-25-18(14-17)15-24/h6-8,11,14,19H,2-5,9-10,12-13H2,1H3,(H2,26,27,29). The molecule has 0 spiro atoms. The molecule has 1 fully saturated rings. The zero-order valence-electron chi connectivity index (χ0n) is 18.1. The number of pyridine rings is 1. The number of nitrogens with zero attached hydrogens (tertiary/aromatic N) is 3. The summed E-state index contributed by atoms with van der Waals surface area (Å²) in [6, 6.07) is 8.66. The van der Waals surface area contributed by atoms with Gasteiger partial charge in [-0.3, -0.25) is 0 Å². The van der Waals surface area contributed by atoms with Gasteiger partial charge in [0.15, 0.2) is 0 Å². The van der Waals surface area contributed by atoms with Crippen LogP contribution in [0.3, 0.4) is 0 Å². The number of likely N-dealkylation sites (tertiary alicyclic amines) is 1. The van der Waals surface area contributed by atoms with Crippen molar-refractivity contribution < 1.29 is 13.2 Å². The van der Waals surface area contributed by atoms with Crippen molar-refractivity contribution in [3.8, 4) is 17.2 Å². The van der Waals surface area contributed by atoms with Crippen LogP contribution in [0.5, 0.6) is 0 Å². The normalized spacial score (nSPS) is 16.9. The van der Waals surface area contributed by atoms with Crippen molar-refractivity contribution in [2.24, 2.45) is 0 Å². The third-order valence-corrected chi connectivity index (χ3v) is 8.18. The summed E-state index contributed by atoms with van der Waals surface area (Å²) in [4.78, 5) is 19.0. The lowest BCUT2D eigenvalue weighted by molar-refractivity contribution is 0.240. The molecule has 0 bridgehead atoms. The first kappa shape index (κ1) is 22.2. The topological polar surface area (TPSA) is 115 Å². The number of carbonyl (C=O) groups is 1. The van der Waals surface area contributed by atoms with E-state index < -0.39 is 21.3 Å². The fraction of sp³-hybridized carbons (Fsp3) is 0.435. The third-order valence-electron chi connectivity index (χ3n) is 6.36. The Morgan fingerprint density at radius 3 is 2.75 bits per heavy atom. The summed E-state index contributed by atoms with van der Waals surface area (Å²) >= 11 is 0. The summed E-state index contributed by atoms with van der Waals surface area (Å²) in [6.07, 6.45) is 5.27. The molecule has 0 atom stereocenters. The summed E-state index contributed by atoms with van der Waals surface area (Å²) in [5.74, 6) is 0. The van der Waals surface area contributed by atoms with Crippen LogP contribution in [0.4, 0.5) is 10.5 Å². The number of urea groups is 1. The van der Waals surface area contributed by atoms with Gasteiger partial charge in [0, 0.05) is 11.8 Å². The molecule has 2 N–H and O–H groups in total. The van der Waals surface area contributed by atoms with Crippen LogP contribution in [-0.2, 0) is 22.9 Å². The molecule has 8 nitrogen and oxygen atoms in total. The zero-order chi connectivity index (χ0) is 22.7. The maximum absolute atomic E-state index is 12.8. The summed E-state index contributed by atoms with van der Waals surface area (Å²) < 4.78 is 27.9. The first-order valence-corrected chi connectivity index (χ1v) is 12.5. The molecule has 0 saturated carbocycles. The lowest BCUT2D eigenvalue weighted by atomic mass is 9.97. The molecule has 1 aliphatic heterocycles. The van der Waals surface area contributed by atoms with Crippen molar-refractivity contribution in [1.29, 1.82) is 5.26 Å². The molecule has 1 aromatic heterocycles. The molecule has 1 saturated heterocycles. The predicted octanol–water partition coefficient (Wildman–Crippen LogP) is 3.04. The van der Waals surface area contributed by atoms with Crippen molar-refractivity contribution in [1.82, 2.24) is 14.6 Å². The van der Waals surface area contributed by atoms with Crippen LogP contribution in [0.2, 0.25) is 0 Å². The smallest absolute Gasteiger partial charge is 0.306 e. The van der Waals surface area contributed by atoms with Crippen molar-refractivity contribution in [2.75, 3.05) is 25.0 Å².